The Balaban J connectivity index is 2.25. The number of anilines is 1. The maximum Gasteiger partial charge on any atom is 0.136 e. The Kier molecular flexibility index (Phi) is 1.96. The first-order chi connectivity index (χ1) is 7.29. The van der Waals surface area contributed by atoms with Gasteiger partial charge >= 0.3 is 0 Å². The van der Waals surface area contributed by atoms with E-state index in [1.165, 1.54) is 29.4 Å². The molecule has 3 heteroatoms. The molecule has 0 amide bonds. The van der Waals surface area contributed by atoms with Crippen LogP contribution in [-0.4, -0.2) is 0 Å². The van der Waals surface area contributed by atoms with E-state index in [0.717, 1.165) is 17.2 Å². The zero-order chi connectivity index (χ0) is 10.4. The highest BCUT2D eigenvalue weighted by atomic mass is 32.1. The van der Waals surface area contributed by atoms with Gasteiger partial charge in [0.25, 0.3) is 0 Å². The molecule has 0 bridgehead atoms. The predicted octanol–water partition coefficient (Wildman–Crippen LogP) is 3.88. The van der Waals surface area contributed by atoms with Crippen molar-refractivity contribution in [1.82, 2.24) is 0 Å². The molecule has 0 aliphatic heterocycles. The fraction of sp³-hybridized carbons (Fsp3) is 0.333. The third-order valence-electron chi connectivity index (χ3n) is 3.08. The fourth-order valence-corrected chi connectivity index (χ4v) is 2.24. The van der Waals surface area contributed by atoms with Crippen molar-refractivity contribution in [1.29, 1.82) is 0 Å². The van der Waals surface area contributed by atoms with E-state index in [1.54, 1.807) is 0 Å². The van der Waals surface area contributed by atoms with Crippen molar-refractivity contribution in [3.63, 3.8) is 0 Å². The summed E-state index contributed by atoms with van der Waals surface area (Å²) in [5, 5.41) is 1.23. The SMILES string of the molecule is Cc1coc2cc(NS)c(C3CC3)cc12. The van der Waals surface area contributed by atoms with Gasteiger partial charge in [0.05, 0.1) is 12.0 Å². The Morgan fingerprint density at radius 3 is 2.87 bits per heavy atom. The smallest absolute Gasteiger partial charge is 0.136 e. The molecule has 15 heavy (non-hydrogen) atoms. The Bertz CT molecular complexity index is 514. The first kappa shape index (κ1) is 9.16. The van der Waals surface area contributed by atoms with Crippen LogP contribution in [0.15, 0.2) is 22.8 Å². The summed E-state index contributed by atoms with van der Waals surface area (Å²) in [5.41, 5.74) is 4.61. The molecule has 2 aromatic rings. The molecule has 1 aliphatic carbocycles. The zero-order valence-corrected chi connectivity index (χ0v) is 9.47. The van der Waals surface area contributed by atoms with E-state index in [2.05, 4.69) is 30.5 Å². The van der Waals surface area contributed by atoms with E-state index < -0.39 is 0 Å². The van der Waals surface area contributed by atoms with Gasteiger partial charge in [-0.2, -0.15) is 0 Å². The Hall–Kier alpha value is -1.09. The first-order valence-electron chi connectivity index (χ1n) is 5.21. The van der Waals surface area contributed by atoms with Crippen molar-refractivity contribution in [3.05, 3.63) is 29.5 Å². The summed E-state index contributed by atoms with van der Waals surface area (Å²) in [5.74, 6) is 0.721. The maximum absolute atomic E-state index is 5.47. The second-order valence-corrected chi connectivity index (χ2v) is 4.46. The minimum atomic E-state index is 0.721. The number of thiol groups is 1. The standard InChI is InChI=1S/C12H13NOS/c1-7-6-14-12-5-11(13-15)10(4-9(7)12)8-2-3-8/h4-6,8,13,15H,2-3H2,1H3. The lowest BCUT2D eigenvalue weighted by atomic mass is 10.0. The van der Waals surface area contributed by atoms with Crippen LogP contribution in [0.2, 0.25) is 0 Å². The summed E-state index contributed by atoms with van der Waals surface area (Å²) in [6, 6.07) is 4.29. The summed E-state index contributed by atoms with van der Waals surface area (Å²) >= 11 is 4.14. The lowest BCUT2D eigenvalue weighted by molar-refractivity contribution is 0.613. The van der Waals surface area contributed by atoms with Crippen molar-refractivity contribution in [3.8, 4) is 0 Å². The van der Waals surface area contributed by atoms with Crippen LogP contribution in [0.25, 0.3) is 11.0 Å². The van der Waals surface area contributed by atoms with Crippen LogP contribution in [0.5, 0.6) is 0 Å². The predicted molar refractivity (Wildman–Crippen MR) is 65.5 cm³/mol. The average molecular weight is 219 g/mol. The third kappa shape index (κ3) is 1.42. The van der Waals surface area contributed by atoms with Gasteiger partial charge < -0.3 is 9.14 Å². The van der Waals surface area contributed by atoms with Crippen LogP contribution < -0.4 is 4.72 Å². The second-order valence-electron chi connectivity index (χ2n) is 4.24. The molecule has 0 saturated heterocycles. The molecular weight excluding hydrogens is 206 g/mol. The topological polar surface area (TPSA) is 25.2 Å². The quantitative estimate of drug-likeness (QED) is 0.749. The molecule has 78 valence electrons. The summed E-state index contributed by atoms with van der Waals surface area (Å²) in [4.78, 5) is 0. The molecule has 3 rings (SSSR count). The molecule has 1 heterocycles. The van der Waals surface area contributed by atoms with Crippen LogP contribution >= 0.6 is 12.8 Å². The number of benzene rings is 1. The van der Waals surface area contributed by atoms with Gasteiger partial charge in [0, 0.05) is 11.5 Å². The van der Waals surface area contributed by atoms with E-state index >= 15 is 0 Å². The molecule has 2 nitrogen and oxygen atoms in total. The van der Waals surface area contributed by atoms with Gasteiger partial charge in [0.2, 0.25) is 0 Å². The van der Waals surface area contributed by atoms with Crippen molar-refractivity contribution >= 4 is 29.5 Å². The first-order valence-corrected chi connectivity index (χ1v) is 5.66. The van der Waals surface area contributed by atoms with Gasteiger partial charge in [-0.3, -0.25) is 0 Å². The van der Waals surface area contributed by atoms with E-state index in [0.29, 0.717) is 0 Å². The molecule has 1 N–H and O–H groups in total. The summed E-state index contributed by atoms with van der Waals surface area (Å²) in [6.07, 6.45) is 4.40. The molecule has 0 unspecified atom stereocenters. The van der Waals surface area contributed by atoms with E-state index in [4.69, 9.17) is 4.42 Å². The molecule has 1 aromatic heterocycles. The minimum Gasteiger partial charge on any atom is -0.464 e. The maximum atomic E-state index is 5.47. The highest BCUT2D eigenvalue weighted by Gasteiger charge is 2.26. The van der Waals surface area contributed by atoms with Gasteiger partial charge in [0.1, 0.15) is 5.58 Å². The van der Waals surface area contributed by atoms with Gasteiger partial charge in [-0.15, -0.1) is 0 Å². The lowest BCUT2D eigenvalue weighted by Crippen LogP contribution is -1.89. The minimum absolute atomic E-state index is 0.721. The average Bonchev–Trinajstić information content (AvgIpc) is 3.04. The number of hydrogen-bond acceptors (Lipinski definition) is 3. The molecule has 1 aromatic carbocycles. The van der Waals surface area contributed by atoms with E-state index in [-0.39, 0.29) is 0 Å². The fourth-order valence-electron chi connectivity index (χ4n) is 2.05. The van der Waals surface area contributed by atoms with Gasteiger partial charge in [-0.05, 0) is 42.9 Å². The van der Waals surface area contributed by atoms with E-state index in [9.17, 15) is 0 Å². The number of fused-ring (bicyclic) bond motifs is 1. The van der Waals surface area contributed by atoms with Crippen LogP contribution in [0.4, 0.5) is 5.69 Å². The molecule has 1 aliphatic rings. The highest BCUT2D eigenvalue weighted by molar-refractivity contribution is 7.81. The molecular formula is C12H13NOS. The largest absolute Gasteiger partial charge is 0.464 e. The number of nitrogens with one attached hydrogen (secondary N) is 1. The Labute approximate surface area is 94.2 Å². The molecule has 1 fully saturated rings. The number of rotatable bonds is 2. The van der Waals surface area contributed by atoms with Crippen LogP contribution in [-0.2, 0) is 0 Å². The van der Waals surface area contributed by atoms with Gasteiger partial charge in [0.15, 0.2) is 0 Å². The third-order valence-corrected chi connectivity index (χ3v) is 3.32. The molecule has 0 radical (unpaired) electrons. The molecule has 0 atom stereocenters. The zero-order valence-electron chi connectivity index (χ0n) is 8.58. The van der Waals surface area contributed by atoms with Crippen molar-refractivity contribution < 1.29 is 4.42 Å². The van der Waals surface area contributed by atoms with E-state index in [1.807, 2.05) is 12.3 Å². The van der Waals surface area contributed by atoms with Crippen molar-refractivity contribution in [2.45, 2.75) is 25.7 Å². The summed E-state index contributed by atoms with van der Waals surface area (Å²) < 4.78 is 8.43. The summed E-state index contributed by atoms with van der Waals surface area (Å²) in [7, 11) is 0. The van der Waals surface area contributed by atoms with Crippen molar-refractivity contribution in [2.75, 3.05) is 4.72 Å². The van der Waals surface area contributed by atoms with Gasteiger partial charge in [-0.1, -0.05) is 12.8 Å². The molecule has 1 saturated carbocycles. The normalized spacial score (nSPS) is 15.9. The highest BCUT2D eigenvalue weighted by Crippen LogP contribution is 2.45. The summed E-state index contributed by atoms with van der Waals surface area (Å²) in [6.45, 7) is 2.08. The van der Waals surface area contributed by atoms with Crippen LogP contribution in [0, 0.1) is 6.92 Å². The van der Waals surface area contributed by atoms with Crippen molar-refractivity contribution in [2.24, 2.45) is 0 Å². The number of furan rings is 1. The monoisotopic (exact) mass is 219 g/mol. The Morgan fingerprint density at radius 2 is 2.20 bits per heavy atom. The van der Waals surface area contributed by atoms with Gasteiger partial charge in [-0.25, -0.2) is 0 Å². The number of hydrogen-bond donors (Lipinski definition) is 2. The second kappa shape index (κ2) is 3.20. The van der Waals surface area contributed by atoms with Crippen LogP contribution in [0.3, 0.4) is 0 Å². The van der Waals surface area contributed by atoms with Crippen LogP contribution in [0.1, 0.15) is 29.9 Å². The lowest BCUT2D eigenvalue weighted by Gasteiger charge is -2.07. The Morgan fingerprint density at radius 1 is 1.40 bits per heavy atom. The number of aryl methyl sites for hydroxylation is 1. The molecule has 0 spiro atoms.